The number of H-pyrrole nitrogens is 1. The summed E-state index contributed by atoms with van der Waals surface area (Å²) in [5, 5.41) is 18.1. The number of carbonyl (C=O) groups excluding carboxylic acids is 1. The van der Waals surface area contributed by atoms with Crippen LogP contribution in [-0.4, -0.2) is 95.3 Å². The van der Waals surface area contributed by atoms with Crippen LogP contribution < -0.4 is 14.5 Å². The summed E-state index contributed by atoms with van der Waals surface area (Å²) in [4.78, 5) is 31.4. The number of fused-ring (bicyclic) bond motifs is 2. The molecule has 1 aromatic carbocycles. The lowest BCUT2D eigenvalue weighted by Crippen LogP contribution is -2.55. The SMILES string of the molecule is C=CC(=O)N1CCN(c2nc(OCC3(CN(C)C)CCC3)nc3c2CCCN(c2c(C)ccc4[nH]ncc24)C3)C[C@@H]1CC#N. The molecule has 232 valence electrons. The van der Waals surface area contributed by atoms with E-state index in [2.05, 4.69) is 70.7 Å². The van der Waals surface area contributed by atoms with Crippen molar-refractivity contribution >= 4 is 28.3 Å². The van der Waals surface area contributed by atoms with E-state index in [9.17, 15) is 10.1 Å². The Morgan fingerprint density at radius 1 is 1.23 bits per heavy atom. The average molecular weight is 598 g/mol. The third-order valence-corrected chi connectivity index (χ3v) is 9.50. The highest BCUT2D eigenvalue weighted by Crippen LogP contribution is 2.42. The normalized spacial score (nSPS) is 19.7. The molecule has 0 bridgehead atoms. The molecular weight excluding hydrogens is 554 g/mol. The van der Waals surface area contributed by atoms with Crippen LogP contribution in [0.3, 0.4) is 0 Å². The highest BCUT2D eigenvalue weighted by Gasteiger charge is 2.39. The number of hydrogen-bond acceptors (Lipinski definition) is 9. The molecule has 3 aromatic rings. The topological polar surface area (TPSA) is 118 Å². The summed E-state index contributed by atoms with van der Waals surface area (Å²) in [6.07, 6.45) is 8.77. The highest BCUT2D eigenvalue weighted by molar-refractivity contribution is 5.93. The molecule has 1 aliphatic carbocycles. The molecule has 1 saturated heterocycles. The third kappa shape index (κ3) is 5.83. The molecule has 44 heavy (non-hydrogen) atoms. The van der Waals surface area contributed by atoms with E-state index in [1.54, 1.807) is 4.90 Å². The third-order valence-electron chi connectivity index (χ3n) is 9.50. The average Bonchev–Trinajstić information content (AvgIpc) is 3.37. The van der Waals surface area contributed by atoms with Crippen LogP contribution in [0.25, 0.3) is 10.9 Å². The standard InChI is InChI=1S/C33H43N9O2/c1-5-29(43)42-17-16-41(19-24(42)11-14-34)31-25-8-6-15-40(30-23(2)9-10-27-26(30)18-35-38-27)20-28(25)36-32(37-31)44-22-33(12-7-13-33)21-39(3)4/h5,9-10,18,24H,1,6-8,11-13,15-17,19-22H2,2-4H3,(H,35,38)/t24-/m0/s1. The first-order valence-electron chi connectivity index (χ1n) is 15.7. The molecule has 11 nitrogen and oxygen atoms in total. The number of aryl methyl sites for hydroxylation is 1. The van der Waals surface area contributed by atoms with Crippen LogP contribution in [0.1, 0.15) is 48.9 Å². The maximum atomic E-state index is 12.6. The number of amides is 1. The van der Waals surface area contributed by atoms with E-state index in [0.717, 1.165) is 66.8 Å². The number of nitriles is 1. The lowest BCUT2D eigenvalue weighted by atomic mass is 9.69. The van der Waals surface area contributed by atoms with Crippen molar-refractivity contribution in [1.29, 1.82) is 5.26 Å². The Morgan fingerprint density at radius 2 is 2.07 bits per heavy atom. The molecule has 2 fully saturated rings. The lowest BCUT2D eigenvalue weighted by Gasteiger charge is -2.43. The fraction of sp³-hybridized carbons (Fsp3) is 0.545. The molecule has 0 radical (unpaired) electrons. The number of hydrogen-bond donors (Lipinski definition) is 1. The predicted molar refractivity (Wildman–Crippen MR) is 171 cm³/mol. The van der Waals surface area contributed by atoms with Gasteiger partial charge in [0.1, 0.15) is 5.82 Å². The molecule has 0 spiro atoms. The first kappa shape index (κ1) is 29.9. The number of benzene rings is 1. The van der Waals surface area contributed by atoms with Gasteiger partial charge in [-0.15, -0.1) is 0 Å². The molecule has 2 aromatic heterocycles. The number of carbonyl (C=O) groups is 1. The summed E-state index contributed by atoms with van der Waals surface area (Å²) < 4.78 is 6.49. The van der Waals surface area contributed by atoms with Crippen LogP contribution >= 0.6 is 0 Å². The summed E-state index contributed by atoms with van der Waals surface area (Å²) >= 11 is 0. The quantitative estimate of drug-likeness (QED) is 0.367. The summed E-state index contributed by atoms with van der Waals surface area (Å²) in [6, 6.07) is 6.67. The van der Waals surface area contributed by atoms with Gasteiger partial charge < -0.3 is 24.3 Å². The Bertz CT molecular complexity index is 1570. The number of nitrogens with zero attached hydrogens (tertiary/aromatic N) is 8. The highest BCUT2D eigenvalue weighted by atomic mass is 16.5. The molecule has 1 amide bonds. The number of piperazine rings is 1. The van der Waals surface area contributed by atoms with Crippen molar-refractivity contribution in [2.75, 3.05) is 63.2 Å². The number of aromatic amines is 1. The van der Waals surface area contributed by atoms with E-state index in [4.69, 9.17) is 14.7 Å². The zero-order valence-electron chi connectivity index (χ0n) is 26.2. The number of ether oxygens (including phenoxy) is 1. The second-order valence-corrected chi connectivity index (χ2v) is 12.9. The molecule has 1 saturated carbocycles. The number of rotatable bonds is 9. The van der Waals surface area contributed by atoms with Gasteiger partial charge in [-0.2, -0.15) is 20.3 Å². The van der Waals surface area contributed by atoms with Crippen LogP contribution in [0.2, 0.25) is 0 Å². The van der Waals surface area contributed by atoms with Gasteiger partial charge in [-0.05, 0) is 64.4 Å². The van der Waals surface area contributed by atoms with Crippen LogP contribution in [0, 0.1) is 23.7 Å². The van der Waals surface area contributed by atoms with Gasteiger partial charge in [0.2, 0.25) is 5.91 Å². The van der Waals surface area contributed by atoms with Crippen molar-refractivity contribution in [3.63, 3.8) is 0 Å². The van der Waals surface area contributed by atoms with E-state index in [0.29, 0.717) is 38.8 Å². The minimum Gasteiger partial charge on any atom is -0.463 e. The van der Waals surface area contributed by atoms with Gasteiger partial charge in [0.15, 0.2) is 0 Å². The summed E-state index contributed by atoms with van der Waals surface area (Å²) in [5.74, 6) is 0.732. The molecule has 6 rings (SSSR count). The van der Waals surface area contributed by atoms with E-state index in [1.165, 1.54) is 23.7 Å². The van der Waals surface area contributed by atoms with Gasteiger partial charge in [0, 0.05) is 49.1 Å². The van der Waals surface area contributed by atoms with E-state index in [-0.39, 0.29) is 23.8 Å². The zero-order chi connectivity index (χ0) is 30.8. The maximum absolute atomic E-state index is 12.6. The summed E-state index contributed by atoms with van der Waals surface area (Å²) in [5.41, 5.74) is 5.61. The molecular formula is C33H43N9O2. The molecule has 2 aliphatic heterocycles. The van der Waals surface area contributed by atoms with Crippen LogP contribution in [0.4, 0.5) is 11.5 Å². The number of aromatic nitrogens is 4. The first-order valence-corrected chi connectivity index (χ1v) is 15.7. The van der Waals surface area contributed by atoms with Crippen molar-refractivity contribution < 1.29 is 9.53 Å². The Hall–Kier alpha value is -4.17. The number of nitrogens with one attached hydrogen (secondary N) is 1. The fourth-order valence-electron chi connectivity index (χ4n) is 7.29. The Kier molecular flexibility index (Phi) is 8.45. The molecule has 11 heteroatoms. The molecule has 4 heterocycles. The molecule has 1 N–H and O–H groups in total. The lowest BCUT2D eigenvalue weighted by molar-refractivity contribution is -0.128. The fourth-order valence-corrected chi connectivity index (χ4v) is 7.29. The molecule has 3 aliphatic rings. The van der Waals surface area contributed by atoms with Crippen molar-refractivity contribution in [2.45, 2.75) is 58.0 Å². The van der Waals surface area contributed by atoms with Gasteiger partial charge >= 0.3 is 6.01 Å². The minimum absolute atomic E-state index is 0.120. The maximum Gasteiger partial charge on any atom is 0.318 e. The van der Waals surface area contributed by atoms with E-state index >= 15 is 0 Å². The Labute approximate surface area is 259 Å². The monoisotopic (exact) mass is 597 g/mol. The van der Waals surface area contributed by atoms with E-state index < -0.39 is 0 Å². The van der Waals surface area contributed by atoms with Gasteiger partial charge in [-0.25, -0.2) is 0 Å². The van der Waals surface area contributed by atoms with Crippen molar-refractivity contribution in [2.24, 2.45) is 5.41 Å². The van der Waals surface area contributed by atoms with Gasteiger partial charge in [-0.3, -0.25) is 9.89 Å². The Morgan fingerprint density at radius 3 is 2.80 bits per heavy atom. The molecule has 0 unspecified atom stereocenters. The first-order chi connectivity index (χ1) is 21.3. The van der Waals surface area contributed by atoms with E-state index in [1.807, 2.05) is 6.20 Å². The summed E-state index contributed by atoms with van der Waals surface area (Å²) in [7, 11) is 4.23. The summed E-state index contributed by atoms with van der Waals surface area (Å²) in [6.45, 7) is 10.5. The second-order valence-electron chi connectivity index (χ2n) is 12.9. The van der Waals surface area contributed by atoms with Crippen molar-refractivity contribution in [3.8, 4) is 12.1 Å². The molecule has 1 atom stereocenters. The predicted octanol–water partition coefficient (Wildman–Crippen LogP) is 3.84. The largest absolute Gasteiger partial charge is 0.463 e. The van der Waals surface area contributed by atoms with Crippen LogP contribution in [0.5, 0.6) is 6.01 Å². The minimum atomic E-state index is -0.240. The second kappa shape index (κ2) is 12.4. The van der Waals surface area contributed by atoms with Gasteiger partial charge in [-0.1, -0.05) is 19.1 Å². The number of anilines is 2. The van der Waals surface area contributed by atoms with Crippen molar-refractivity contribution in [3.05, 3.63) is 47.8 Å². The smallest absolute Gasteiger partial charge is 0.318 e. The van der Waals surface area contributed by atoms with Gasteiger partial charge in [0.05, 0.1) is 54.8 Å². The van der Waals surface area contributed by atoms with Crippen LogP contribution in [0.15, 0.2) is 31.0 Å². The van der Waals surface area contributed by atoms with Crippen molar-refractivity contribution in [1.82, 2.24) is 30.0 Å². The Balaban J connectivity index is 1.36. The zero-order valence-corrected chi connectivity index (χ0v) is 26.2. The van der Waals surface area contributed by atoms with Crippen LogP contribution in [-0.2, 0) is 17.8 Å². The van der Waals surface area contributed by atoms with Gasteiger partial charge in [0.25, 0.3) is 0 Å².